The zero-order valence-electron chi connectivity index (χ0n) is 9.53. The third-order valence-corrected chi connectivity index (χ3v) is 2.69. The summed E-state index contributed by atoms with van der Waals surface area (Å²) in [4.78, 5) is 0. The van der Waals surface area contributed by atoms with E-state index in [0.717, 1.165) is 11.3 Å². The van der Waals surface area contributed by atoms with Gasteiger partial charge in [-0.15, -0.1) is 0 Å². The minimum atomic E-state index is 0.170. The maximum atomic E-state index is 4.06. The number of para-hydroxylation sites is 1. The summed E-state index contributed by atoms with van der Waals surface area (Å²) in [5.41, 5.74) is 3.33. The van der Waals surface area contributed by atoms with E-state index < -0.39 is 0 Å². The molecule has 0 fully saturated rings. The van der Waals surface area contributed by atoms with Crippen molar-refractivity contribution >= 4 is 12.4 Å². The van der Waals surface area contributed by atoms with E-state index in [4.69, 9.17) is 0 Å². The first kappa shape index (κ1) is 11.4. The van der Waals surface area contributed by atoms with Crippen molar-refractivity contribution in [2.75, 3.05) is 0 Å². The highest BCUT2D eigenvalue weighted by atomic mass is 15.0. The molecule has 0 aliphatic rings. The fourth-order valence-corrected chi connectivity index (χ4v) is 1.47. The zero-order chi connectivity index (χ0) is 11.4. The highest BCUT2D eigenvalue weighted by molar-refractivity contribution is 5.42. The van der Waals surface area contributed by atoms with Gasteiger partial charge in [-0.1, -0.05) is 37.4 Å². The van der Waals surface area contributed by atoms with Gasteiger partial charge in [0.15, 0.2) is 6.04 Å². The van der Waals surface area contributed by atoms with Crippen LogP contribution in [0, 0.1) is 6.92 Å². The van der Waals surface area contributed by atoms with E-state index >= 15 is 0 Å². The van der Waals surface area contributed by atoms with Crippen LogP contribution < -0.4 is 0 Å². The van der Waals surface area contributed by atoms with Gasteiger partial charge in [-0.2, -0.15) is 4.58 Å². The SMILES string of the molecule is C=CC(=C)[C@@H](C)[N+](=C)c1ccccc1C. The van der Waals surface area contributed by atoms with Gasteiger partial charge in [-0.05, 0) is 6.92 Å². The molecule has 1 heteroatoms. The third kappa shape index (κ3) is 2.44. The van der Waals surface area contributed by atoms with Crippen LogP contribution in [0.3, 0.4) is 0 Å². The van der Waals surface area contributed by atoms with E-state index in [1.807, 2.05) is 16.7 Å². The van der Waals surface area contributed by atoms with Gasteiger partial charge in [0, 0.05) is 24.1 Å². The quantitative estimate of drug-likeness (QED) is 0.398. The smallest absolute Gasteiger partial charge is 0.199 e. The molecule has 1 aromatic rings. The van der Waals surface area contributed by atoms with Crippen LogP contribution in [-0.4, -0.2) is 17.3 Å². The molecule has 0 unspecified atom stereocenters. The van der Waals surface area contributed by atoms with Crippen molar-refractivity contribution < 1.29 is 4.58 Å². The van der Waals surface area contributed by atoms with Crippen LogP contribution in [0.4, 0.5) is 5.69 Å². The molecule has 0 heterocycles. The summed E-state index contributed by atoms with van der Waals surface area (Å²) < 4.78 is 1.97. The molecule has 15 heavy (non-hydrogen) atoms. The summed E-state index contributed by atoms with van der Waals surface area (Å²) in [6, 6.07) is 8.36. The van der Waals surface area contributed by atoms with Gasteiger partial charge in [0.25, 0.3) is 0 Å². The largest absolute Gasteiger partial charge is 0.208 e. The molecule has 0 bridgehead atoms. The predicted molar refractivity (Wildman–Crippen MR) is 67.0 cm³/mol. The molecular formula is C14H18N+. The molecule has 0 amide bonds. The fraction of sp³-hybridized carbons (Fsp3) is 0.214. The van der Waals surface area contributed by atoms with Crippen molar-refractivity contribution in [2.45, 2.75) is 19.9 Å². The van der Waals surface area contributed by atoms with Crippen molar-refractivity contribution in [3.8, 4) is 0 Å². The lowest BCUT2D eigenvalue weighted by Gasteiger charge is -2.11. The Bertz CT molecular complexity index is 402. The first-order chi connectivity index (χ1) is 7.07. The maximum absolute atomic E-state index is 4.06. The molecule has 1 nitrogen and oxygen atoms in total. The number of nitrogens with zero attached hydrogens (tertiary/aromatic N) is 1. The average molecular weight is 200 g/mol. The first-order valence-corrected chi connectivity index (χ1v) is 5.04. The van der Waals surface area contributed by atoms with Crippen LogP contribution in [0.1, 0.15) is 12.5 Å². The predicted octanol–water partition coefficient (Wildman–Crippen LogP) is 3.47. The van der Waals surface area contributed by atoms with Crippen LogP contribution in [0.5, 0.6) is 0 Å². The Morgan fingerprint density at radius 2 is 2.00 bits per heavy atom. The number of hydrogen-bond donors (Lipinski definition) is 0. The molecule has 0 saturated heterocycles. The summed E-state index contributed by atoms with van der Waals surface area (Å²) in [5.74, 6) is 0. The third-order valence-electron chi connectivity index (χ3n) is 2.69. The number of benzene rings is 1. The Kier molecular flexibility index (Phi) is 3.62. The molecule has 0 aromatic heterocycles. The Balaban J connectivity index is 3.00. The van der Waals surface area contributed by atoms with Crippen LogP contribution in [0.25, 0.3) is 0 Å². The van der Waals surface area contributed by atoms with Gasteiger partial charge in [0.2, 0.25) is 5.69 Å². The Labute approximate surface area is 92.1 Å². The molecule has 0 aliphatic carbocycles. The average Bonchev–Trinajstić information content (AvgIpc) is 2.26. The lowest BCUT2D eigenvalue weighted by atomic mass is 10.1. The molecule has 1 aromatic carbocycles. The molecular weight excluding hydrogens is 182 g/mol. The Morgan fingerprint density at radius 1 is 1.40 bits per heavy atom. The van der Waals surface area contributed by atoms with Gasteiger partial charge in [-0.3, -0.25) is 0 Å². The fourth-order valence-electron chi connectivity index (χ4n) is 1.47. The minimum Gasteiger partial charge on any atom is -0.199 e. The minimum absolute atomic E-state index is 0.170. The second kappa shape index (κ2) is 4.74. The molecule has 78 valence electrons. The zero-order valence-corrected chi connectivity index (χ0v) is 9.53. The van der Waals surface area contributed by atoms with Crippen LogP contribution in [-0.2, 0) is 0 Å². The van der Waals surface area contributed by atoms with E-state index in [2.05, 4.69) is 45.9 Å². The van der Waals surface area contributed by atoms with Crippen LogP contribution in [0.2, 0.25) is 0 Å². The van der Waals surface area contributed by atoms with Crippen LogP contribution in [0.15, 0.2) is 49.1 Å². The normalized spacial score (nSPS) is 11.9. The van der Waals surface area contributed by atoms with Gasteiger partial charge in [-0.25, -0.2) is 0 Å². The van der Waals surface area contributed by atoms with Crippen molar-refractivity contribution in [2.24, 2.45) is 0 Å². The van der Waals surface area contributed by atoms with E-state index in [-0.39, 0.29) is 6.04 Å². The van der Waals surface area contributed by atoms with Crippen molar-refractivity contribution in [1.29, 1.82) is 0 Å². The lowest BCUT2D eigenvalue weighted by molar-refractivity contribution is -0.460. The van der Waals surface area contributed by atoms with E-state index in [1.165, 1.54) is 5.56 Å². The van der Waals surface area contributed by atoms with Crippen molar-refractivity contribution in [3.63, 3.8) is 0 Å². The molecule has 0 saturated carbocycles. The van der Waals surface area contributed by atoms with E-state index in [9.17, 15) is 0 Å². The van der Waals surface area contributed by atoms with Gasteiger partial charge in [0.1, 0.15) is 6.72 Å². The topological polar surface area (TPSA) is 3.01 Å². The Morgan fingerprint density at radius 3 is 2.53 bits per heavy atom. The Hall–Kier alpha value is -1.63. The molecule has 0 aliphatic heterocycles. The molecule has 0 radical (unpaired) electrons. The number of rotatable bonds is 4. The standard InChI is InChI=1S/C14H18N/c1-6-11(2)13(4)15(5)14-10-8-7-9-12(14)3/h6-10,13H,1-2,5H2,3-4H3/q+1/t13-/m1/s1. The van der Waals surface area contributed by atoms with Crippen LogP contribution >= 0.6 is 0 Å². The highest BCUT2D eigenvalue weighted by Gasteiger charge is 2.18. The van der Waals surface area contributed by atoms with Gasteiger partial charge in [0.05, 0.1) is 0 Å². The molecule has 0 N–H and O–H groups in total. The highest BCUT2D eigenvalue weighted by Crippen LogP contribution is 2.20. The summed E-state index contributed by atoms with van der Waals surface area (Å²) in [6.07, 6.45) is 1.78. The monoisotopic (exact) mass is 200 g/mol. The molecule has 1 atom stereocenters. The molecule has 1 rings (SSSR count). The first-order valence-electron chi connectivity index (χ1n) is 5.04. The second-order valence-electron chi connectivity index (χ2n) is 3.71. The summed E-state index contributed by atoms with van der Waals surface area (Å²) >= 11 is 0. The van der Waals surface area contributed by atoms with Crippen molar-refractivity contribution in [3.05, 3.63) is 54.6 Å². The van der Waals surface area contributed by atoms with Crippen molar-refractivity contribution in [1.82, 2.24) is 0 Å². The van der Waals surface area contributed by atoms with Gasteiger partial charge >= 0.3 is 0 Å². The van der Waals surface area contributed by atoms with Gasteiger partial charge < -0.3 is 0 Å². The second-order valence-corrected chi connectivity index (χ2v) is 3.71. The lowest BCUT2D eigenvalue weighted by Crippen LogP contribution is -2.19. The summed E-state index contributed by atoms with van der Waals surface area (Å²) in [5, 5.41) is 0. The number of aryl methyl sites for hydroxylation is 1. The number of hydrogen-bond acceptors (Lipinski definition) is 0. The van der Waals surface area contributed by atoms with E-state index in [1.54, 1.807) is 6.08 Å². The maximum Gasteiger partial charge on any atom is 0.208 e. The molecule has 0 spiro atoms. The van der Waals surface area contributed by atoms with E-state index in [0.29, 0.717) is 0 Å². The summed E-state index contributed by atoms with van der Waals surface area (Å²) in [6.45, 7) is 15.9. The summed E-state index contributed by atoms with van der Waals surface area (Å²) in [7, 11) is 0.